The molecule has 1 atom stereocenters. The van der Waals surface area contributed by atoms with Crippen LogP contribution in [0.25, 0.3) is 5.57 Å². The van der Waals surface area contributed by atoms with Crippen molar-refractivity contribution < 1.29 is 9.50 Å². The van der Waals surface area contributed by atoms with E-state index >= 15 is 0 Å². The van der Waals surface area contributed by atoms with Crippen LogP contribution in [0.3, 0.4) is 0 Å². The van der Waals surface area contributed by atoms with Gasteiger partial charge in [0.25, 0.3) is 0 Å². The standard InChI is InChI=1S/C11H13FO/c1-7(2)10-6-9(8(3)13)4-5-11(10)12/h4-6,8,13H,1H2,2-3H3. The molecule has 0 aliphatic carbocycles. The molecule has 0 bridgehead atoms. The SMILES string of the molecule is C=C(C)c1cc(C(C)O)ccc1F. The fraction of sp³-hybridized carbons (Fsp3) is 0.273. The maximum atomic E-state index is 13.1. The second-order valence-electron chi connectivity index (χ2n) is 3.20. The predicted octanol–water partition coefficient (Wildman–Crippen LogP) is 2.91. The maximum absolute atomic E-state index is 13.1. The smallest absolute Gasteiger partial charge is 0.130 e. The molecule has 0 heterocycles. The summed E-state index contributed by atoms with van der Waals surface area (Å²) in [6, 6.07) is 4.56. The summed E-state index contributed by atoms with van der Waals surface area (Å²) in [6.07, 6.45) is -0.571. The van der Waals surface area contributed by atoms with Crippen LogP contribution in [0.4, 0.5) is 4.39 Å². The van der Waals surface area contributed by atoms with Crippen molar-refractivity contribution >= 4 is 5.57 Å². The van der Waals surface area contributed by atoms with E-state index < -0.39 is 6.10 Å². The monoisotopic (exact) mass is 180 g/mol. The molecule has 0 aromatic heterocycles. The minimum absolute atomic E-state index is 0.295. The van der Waals surface area contributed by atoms with Crippen LogP contribution >= 0.6 is 0 Å². The number of aliphatic hydroxyl groups excluding tert-OH is 1. The first kappa shape index (κ1) is 9.93. The number of allylic oxidation sites excluding steroid dienone is 1. The van der Waals surface area contributed by atoms with Gasteiger partial charge in [-0.15, -0.1) is 0 Å². The Hall–Kier alpha value is -1.15. The molecule has 0 fully saturated rings. The van der Waals surface area contributed by atoms with E-state index in [0.29, 0.717) is 16.7 Å². The van der Waals surface area contributed by atoms with Crippen LogP contribution in [-0.2, 0) is 0 Å². The minimum Gasteiger partial charge on any atom is -0.389 e. The number of halogens is 1. The van der Waals surface area contributed by atoms with Gasteiger partial charge in [-0.2, -0.15) is 0 Å². The normalized spacial score (nSPS) is 12.6. The Morgan fingerprint density at radius 2 is 2.15 bits per heavy atom. The quantitative estimate of drug-likeness (QED) is 0.741. The highest BCUT2D eigenvalue weighted by atomic mass is 19.1. The number of hydrogen-bond donors (Lipinski definition) is 1. The Bertz CT molecular complexity index is 329. The van der Waals surface area contributed by atoms with E-state index in [9.17, 15) is 9.50 Å². The Balaban J connectivity index is 3.19. The average molecular weight is 180 g/mol. The lowest BCUT2D eigenvalue weighted by Gasteiger charge is -2.08. The van der Waals surface area contributed by atoms with Gasteiger partial charge in [-0.25, -0.2) is 4.39 Å². The first-order chi connectivity index (χ1) is 6.02. The largest absolute Gasteiger partial charge is 0.389 e. The molecule has 1 N–H and O–H groups in total. The number of aliphatic hydroxyl groups is 1. The van der Waals surface area contributed by atoms with Crippen molar-refractivity contribution in [3.05, 3.63) is 41.7 Å². The molecule has 1 rings (SSSR count). The van der Waals surface area contributed by atoms with Gasteiger partial charge in [-0.3, -0.25) is 0 Å². The van der Waals surface area contributed by atoms with Gasteiger partial charge >= 0.3 is 0 Å². The topological polar surface area (TPSA) is 20.2 Å². The van der Waals surface area contributed by atoms with E-state index in [1.165, 1.54) is 6.07 Å². The Morgan fingerprint density at radius 1 is 1.54 bits per heavy atom. The molecule has 1 aromatic rings. The first-order valence-electron chi connectivity index (χ1n) is 4.15. The van der Waals surface area contributed by atoms with Gasteiger partial charge in [0, 0.05) is 5.56 Å². The summed E-state index contributed by atoms with van der Waals surface area (Å²) >= 11 is 0. The van der Waals surface area contributed by atoms with E-state index in [1.54, 1.807) is 26.0 Å². The molecule has 1 nitrogen and oxygen atoms in total. The molecule has 0 radical (unpaired) electrons. The molecule has 0 spiro atoms. The highest BCUT2D eigenvalue weighted by molar-refractivity contribution is 5.62. The van der Waals surface area contributed by atoms with Crippen LogP contribution < -0.4 is 0 Å². The van der Waals surface area contributed by atoms with Crippen molar-refractivity contribution in [2.24, 2.45) is 0 Å². The van der Waals surface area contributed by atoms with Gasteiger partial charge in [0.1, 0.15) is 5.82 Å². The van der Waals surface area contributed by atoms with Crippen LogP contribution in [0.15, 0.2) is 24.8 Å². The van der Waals surface area contributed by atoms with Gasteiger partial charge in [0.15, 0.2) is 0 Å². The zero-order valence-corrected chi connectivity index (χ0v) is 7.84. The molecule has 0 aliphatic heterocycles. The lowest BCUT2D eigenvalue weighted by atomic mass is 10.0. The van der Waals surface area contributed by atoms with Crippen LogP contribution in [0, 0.1) is 5.82 Å². The third-order valence-electron chi connectivity index (χ3n) is 1.93. The number of hydrogen-bond acceptors (Lipinski definition) is 1. The zero-order valence-electron chi connectivity index (χ0n) is 7.84. The predicted molar refractivity (Wildman–Crippen MR) is 51.7 cm³/mol. The molecule has 0 amide bonds. The summed E-state index contributed by atoms with van der Waals surface area (Å²) in [5, 5.41) is 9.27. The Morgan fingerprint density at radius 3 is 2.62 bits per heavy atom. The second-order valence-corrected chi connectivity index (χ2v) is 3.20. The van der Waals surface area contributed by atoms with Gasteiger partial charge in [-0.1, -0.05) is 12.6 Å². The van der Waals surface area contributed by atoms with E-state index in [4.69, 9.17) is 0 Å². The molecule has 1 unspecified atom stereocenters. The highest BCUT2D eigenvalue weighted by Gasteiger charge is 2.06. The fourth-order valence-corrected chi connectivity index (χ4v) is 1.13. The van der Waals surface area contributed by atoms with E-state index in [0.717, 1.165) is 0 Å². The Labute approximate surface area is 77.5 Å². The molecule has 13 heavy (non-hydrogen) atoms. The molecule has 1 aromatic carbocycles. The van der Waals surface area contributed by atoms with Crippen molar-refractivity contribution in [3.63, 3.8) is 0 Å². The fourth-order valence-electron chi connectivity index (χ4n) is 1.13. The third kappa shape index (κ3) is 2.16. The first-order valence-corrected chi connectivity index (χ1v) is 4.15. The molecule has 0 saturated heterocycles. The second kappa shape index (κ2) is 3.71. The highest BCUT2D eigenvalue weighted by Crippen LogP contribution is 2.21. The summed E-state index contributed by atoms with van der Waals surface area (Å²) in [7, 11) is 0. The van der Waals surface area contributed by atoms with Gasteiger partial charge in [0.05, 0.1) is 6.10 Å². The molecule has 70 valence electrons. The molecular formula is C11H13FO. The Kier molecular flexibility index (Phi) is 2.83. The molecule has 0 aliphatic rings. The van der Waals surface area contributed by atoms with Crippen molar-refractivity contribution in [2.45, 2.75) is 20.0 Å². The maximum Gasteiger partial charge on any atom is 0.130 e. The summed E-state index contributed by atoms with van der Waals surface area (Å²) in [5.74, 6) is -0.295. The zero-order chi connectivity index (χ0) is 10.0. The average Bonchev–Trinajstić information content (AvgIpc) is 2.04. The number of rotatable bonds is 2. The van der Waals surface area contributed by atoms with Crippen molar-refractivity contribution in [1.29, 1.82) is 0 Å². The van der Waals surface area contributed by atoms with Crippen molar-refractivity contribution in [1.82, 2.24) is 0 Å². The molecular weight excluding hydrogens is 167 g/mol. The summed E-state index contributed by atoms with van der Waals surface area (Å²) in [6.45, 7) is 7.05. The van der Waals surface area contributed by atoms with E-state index in [1.807, 2.05) is 0 Å². The van der Waals surface area contributed by atoms with Gasteiger partial charge in [-0.05, 0) is 37.1 Å². The lowest BCUT2D eigenvalue weighted by Crippen LogP contribution is -1.94. The molecule has 0 saturated carbocycles. The van der Waals surface area contributed by atoms with Crippen LogP contribution in [-0.4, -0.2) is 5.11 Å². The lowest BCUT2D eigenvalue weighted by molar-refractivity contribution is 0.199. The van der Waals surface area contributed by atoms with Crippen molar-refractivity contribution in [3.8, 4) is 0 Å². The van der Waals surface area contributed by atoms with Crippen LogP contribution in [0.1, 0.15) is 31.1 Å². The van der Waals surface area contributed by atoms with Gasteiger partial charge in [0.2, 0.25) is 0 Å². The van der Waals surface area contributed by atoms with Crippen LogP contribution in [0.5, 0.6) is 0 Å². The summed E-state index contributed by atoms with van der Waals surface area (Å²) in [5.41, 5.74) is 1.85. The van der Waals surface area contributed by atoms with E-state index in [2.05, 4.69) is 6.58 Å². The summed E-state index contributed by atoms with van der Waals surface area (Å²) in [4.78, 5) is 0. The summed E-state index contributed by atoms with van der Waals surface area (Å²) < 4.78 is 13.1. The van der Waals surface area contributed by atoms with E-state index in [-0.39, 0.29) is 5.82 Å². The van der Waals surface area contributed by atoms with Gasteiger partial charge < -0.3 is 5.11 Å². The third-order valence-corrected chi connectivity index (χ3v) is 1.93. The molecule has 2 heteroatoms. The minimum atomic E-state index is -0.571. The van der Waals surface area contributed by atoms with Crippen LogP contribution in [0.2, 0.25) is 0 Å². The van der Waals surface area contributed by atoms with Crippen molar-refractivity contribution in [2.75, 3.05) is 0 Å². The number of benzene rings is 1.